The molecule has 2 heterocycles. The van der Waals surface area contributed by atoms with Gasteiger partial charge in [-0.3, -0.25) is 4.57 Å². The van der Waals surface area contributed by atoms with Crippen LogP contribution in [0, 0.1) is 0 Å². The Kier molecular flexibility index (Phi) is 3.36. The van der Waals surface area contributed by atoms with E-state index in [-0.39, 0.29) is 5.69 Å². The number of H-pyrrole nitrogens is 1. The lowest BCUT2D eigenvalue weighted by Gasteiger charge is -2.31. The summed E-state index contributed by atoms with van der Waals surface area (Å²) in [5.74, 6) is 0.576. The van der Waals surface area contributed by atoms with Gasteiger partial charge in [0.25, 0.3) is 0 Å². The van der Waals surface area contributed by atoms with Gasteiger partial charge in [0.15, 0.2) is 5.16 Å². The normalized spacial score (nSPS) is 19.9. The lowest BCUT2D eigenvalue weighted by molar-refractivity contribution is 0.0338. The number of hydrogen-bond donors (Lipinski definition) is 3. The second-order valence-corrected chi connectivity index (χ2v) is 5.08. The molecule has 7 heteroatoms. The molecular formula is C9H16N4O2S. The first-order valence-electron chi connectivity index (χ1n) is 5.28. The molecule has 1 aromatic rings. The summed E-state index contributed by atoms with van der Waals surface area (Å²) in [4.78, 5) is 11.1. The van der Waals surface area contributed by atoms with Gasteiger partial charge in [0, 0.05) is 12.8 Å². The lowest BCUT2D eigenvalue weighted by Crippen LogP contribution is -2.43. The maximum absolute atomic E-state index is 11.1. The van der Waals surface area contributed by atoms with Gasteiger partial charge in [-0.25, -0.2) is 9.89 Å². The van der Waals surface area contributed by atoms with Gasteiger partial charge in [-0.2, -0.15) is 0 Å². The molecule has 0 bridgehead atoms. The number of rotatable bonds is 3. The summed E-state index contributed by atoms with van der Waals surface area (Å²) in [6.45, 7) is 1.69. The van der Waals surface area contributed by atoms with Crippen LogP contribution < -0.4 is 11.0 Å². The number of aliphatic hydroxyl groups is 1. The van der Waals surface area contributed by atoms with Crippen molar-refractivity contribution < 1.29 is 5.11 Å². The van der Waals surface area contributed by atoms with Crippen LogP contribution in [0.2, 0.25) is 0 Å². The molecule has 1 aliphatic rings. The molecule has 0 amide bonds. The average Bonchev–Trinajstić information content (AvgIpc) is 2.58. The van der Waals surface area contributed by atoms with Crippen molar-refractivity contribution in [1.82, 2.24) is 20.1 Å². The van der Waals surface area contributed by atoms with Gasteiger partial charge >= 0.3 is 5.69 Å². The van der Waals surface area contributed by atoms with Crippen LogP contribution in [0.3, 0.4) is 0 Å². The maximum Gasteiger partial charge on any atom is 0.343 e. The number of hydrogen-bond acceptors (Lipinski definition) is 5. The van der Waals surface area contributed by atoms with Gasteiger partial charge < -0.3 is 10.4 Å². The van der Waals surface area contributed by atoms with Crippen LogP contribution >= 0.6 is 11.8 Å². The monoisotopic (exact) mass is 244 g/mol. The maximum atomic E-state index is 11.1. The number of aromatic nitrogens is 3. The summed E-state index contributed by atoms with van der Waals surface area (Å²) in [5, 5.41) is 20.3. The lowest BCUT2D eigenvalue weighted by atomic mass is 9.95. The summed E-state index contributed by atoms with van der Waals surface area (Å²) in [7, 11) is 1.67. The molecule has 1 aromatic heterocycles. The average molecular weight is 244 g/mol. The van der Waals surface area contributed by atoms with E-state index in [1.165, 1.54) is 16.3 Å². The summed E-state index contributed by atoms with van der Waals surface area (Å²) in [6.07, 6.45) is 1.50. The first-order chi connectivity index (χ1) is 7.61. The Morgan fingerprint density at radius 3 is 2.81 bits per heavy atom. The molecule has 6 nitrogen and oxygen atoms in total. The molecule has 0 spiro atoms. The van der Waals surface area contributed by atoms with Crippen LogP contribution in [0.4, 0.5) is 0 Å². The van der Waals surface area contributed by atoms with E-state index in [1.807, 2.05) is 0 Å². The molecule has 1 saturated heterocycles. The van der Waals surface area contributed by atoms with Crippen molar-refractivity contribution >= 4 is 11.8 Å². The van der Waals surface area contributed by atoms with Crippen LogP contribution in [0.5, 0.6) is 0 Å². The highest BCUT2D eigenvalue weighted by molar-refractivity contribution is 7.99. The van der Waals surface area contributed by atoms with Crippen molar-refractivity contribution in [1.29, 1.82) is 0 Å². The van der Waals surface area contributed by atoms with E-state index in [9.17, 15) is 9.90 Å². The second-order valence-electron chi connectivity index (χ2n) is 4.13. The Bertz CT molecular complexity index is 408. The third-order valence-electron chi connectivity index (χ3n) is 2.84. The number of piperidine rings is 1. The fraction of sp³-hybridized carbons (Fsp3) is 0.778. The van der Waals surface area contributed by atoms with Crippen LogP contribution in [-0.2, 0) is 7.05 Å². The number of nitrogens with one attached hydrogen (secondary N) is 2. The summed E-state index contributed by atoms with van der Waals surface area (Å²) < 4.78 is 1.45. The quantitative estimate of drug-likeness (QED) is 0.613. The molecule has 0 saturated carbocycles. The summed E-state index contributed by atoms with van der Waals surface area (Å²) in [5.41, 5.74) is -0.856. The Labute approximate surface area is 97.4 Å². The number of aromatic amines is 1. The van der Waals surface area contributed by atoms with Gasteiger partial charge in [0.05, 0.1) is 5.60 Å². The fourth-order valence-electron chi connectivity index (χ4n) is 1.70. The van der Waals surface area contributed by atoms with E-state index >= 15 is 0 Å². The van der Waals surface area contributed by atoms with Crippen molar-refractivity contribution in [2.45, 2.75) is 23.6 Å². The molecule has 0 radical (unpaired) electrons. The standard InChI is InChI=1S/C9H16N4O2S/c1-13-7(14)11-12-8(13)16-6-9(15)2-4-10-5-3-9/h10,15H,2-6H2,1H3,(H,11,14). The first kappa shape index (κ1) is 11.7. The van der Waals surface area contributed by atoms with Crippen LogP contribution in [0.15, 0.2) is 9.95 Å². The van der Waals surface area contributed by atoms with Crippen molar-refractivity contribution in [2.24, 2.45) is 7.05 Å². The molecule has 16 heavy (non-hydrogen) atoms. The van der Waals surface area contributed by atoms with E-state index in [2.05, 4.69) is 15.5 Å². The van der Waals surface area contributed by atoms with Crippen LogP contribution in [0.1, 0.15) is 12.8 Å². The number of thioether (sulfide) groups is 1. The van der Waals surface area contributed by atoms with E-state index in [4.69, 9.17) is 0 Å². The Morgan fingerprint density at radius 1 is 1.56 bits per heavy atom. The molecule has 1 aliphatic heterocycles. The van der Waals surface area contributed by atoms with Crippen LogP contribution in [0.25, 0.3) is 0 Å². The molecule has 3 N–H and O–H groups in total. The predicted octanol–water partition coefficient (Wildman–Crippen LogP) is -0.685. The van der Waals surface area contributed by atoms with E-state index in [1.54, 1.807) is 7.05 Å². The molecule has 90 valence electrons. The molecule has 2 rings (SSSR count). The Morgan fingerprint density at radius 2 is 2.25 bits per heavy atom. The predicted molar refractivity (Wildman–Crippen MR) is 61.6 cm³/mol. The zero-order chi connectivity index (χ0) is 11.6. The fourth-order valence-corrected chi connectivity index (χ4v) is 2.77. The third-order valence-corrected chi connectivity index (χ3v) is 4.15. The molecule has 0 aromatic carbocycles. The zero-order valence-electron chi connectivity index (χ0n) is 9.19. The van der Waals surface area contributed by atoms with E-state index in [0.29, 0.717) is 10.9 Å². The molecule has 1 fully saturated rings. The van der Waals surface area contributed by atoms with Gasteiger partial charge in [0.1, 0.15) is 0 Å². The first-order valence-corrected chi connectivity index (χ1v) is 6.27. The highest BCUT2D eigenvalue weighted by Gasteiger charge is 2.29. The molecular weight excluding hydrogens is 228 g/mol. The minimum atomic E-state index is -0.634. The molecule has 0 unspecified atom stereocenters. The topological polar surface area (TPSA) is 82.9 Å². The highest BCUT2D eigenvalue weighted by Crippen LogP contribution is 2.26. The van der Waals surface area contributed by atoms with E-state index in [0.717, 1.165) is 25.9 Å². The SMILES string of the molecule is Cn1c(SCC2(O)CCNCC2)n[nH]c1=O. The van der Waals surface area contributed by atoms with Crippen molar-refractivity contribution in [3.63, 3.8) is 0 Å². The van der Waals surface area contributed by atoms with E-state index < -0.39 is 5.60 Å². The smallest absolute Gasteiger partial charge is 0.343 e. The van der Waals surface area contributed by atoms with Crippen molar-refractivity contribution in [3.8, 4) is 0 Å². The molecule has 0 aliphatic carbocycles. The minimum absolute atomic E-state index is 0.222. The summed E-state index contributed by atoms with van der Waals surface area (Å²) >= 11 is 1.42. The van der Waals surface area contributed by atoms with Gasteiger partial charge in [-0.05, 0) is 25.9 Å². The zero-order valence-corrected chi connectivity index (χ0v) is 10.0. The third kappa shape index (κ3) is 2.47. The van der Waals surface area contributed by atoms with Crippen molar-refractivity contribution in [2.75, 3.05) is 18.8 Å². The largest absolute Gasteiger partial charge is 0.389 e. The van der Waals surface area contributed by atoms with Gasteiger partial charge in [-0.1, -0.05) is 11.8 Å². The minimum Gasteiger partial charge on any atom is -0.389 e. The summed E-state index contributed by atoms with van der Waals surface area (Å²) in [6, 6.07) is 0. The second kappa shape index (κ2) is 4.60. The Balaban J connectivity index is 1.96. The Hall–Kier alpha value is -0.790. The van der Waals surface area contributed by atoms with Gasteiger partial charge in [-0.15, -0.1) is 5.10 Å². The van der Waals surface area contributed by atoms with Crippen LogP contribution in [-0.4, -0.2) is 44.3 Å². The van der Waals surface area contributed by atoms with Gasteiger partial charge in [0.2, 0.25) is 0 Å². The highest BCUT2D eigenvalue weighted by atomic mass is 32.2. The molecule has 0 atom stereocenters. The van der Waals surface area contributed by atoms with Crippen molar-refractivity contribution in [3.05, 3.63) is 10.5 Å². The number of nitrogens with zero attached hydrogens (tertiary/aromatic N) is 2.